The number of ketones is 2. The van der Waals surface area contributed by atoms with Crippen molar-refractivity contribution in [3.05, 3.63) is 130 Å². The van der Waals surface area contributed by atoms with Crippen molar-refractivity contribution in [2.45, 2.75) is 107 Å². The molecule has 0 heterocycles. The molecule has 0 bridgehead atoms. The molecule has 0 saturated heterocycles. The second-order valence-corrected chi connectivity index (χ2v) is 16.2. The summed E-state index contributed by atoms with van der Waals surface area (Å²) in [5, 5.41) is 17.6. The van der Waals surface area contributed by atoms with Crippen molar-refractivity contribution >= 4 is 35.4 Å². The highest BCUT2D eigenvalue weighted by atomic mass is 16.5. The van der Waals surface area contributed by atoms with E-state index in [0.29, 0.717) is 12.0 Å². The van der Waals surface area contributed by atoms with Gasteiger partial charge in [0.05, 0.1) is 25.7 Å². The number of ether oxygens (including phenoxy) is 2. The van der Waals surface area contributed by atoms with Gasteiger partial charge in [-0.15, -0.1) is 0 Å². The number of carboxylic acids is 2. The quantitative estimate of drug-likeness (QED) is 0.101. The zero-order valence-corrected chi connectivity index (χ0v) is 35.6. The summed E-state index contributed by atoms with van der Waals surface area (Å²) in [5.41, 5.74) is 4.59. The van der Waals surface area contributed by atoms with Gasteiger partial charge in [-0.1, -0.05) is 142 Å². The summed E-state index contributed by atoms with van der Waals surface area (Å²) < 4.78 is 10.6. The minimum atomic E-state index is -1.10. The molecule has 2 N–H and O–H groups in total. The van der Waals surface area contributed by atoms with E-state index in [1.807, 2.05) is 147 Å². The van der Waals surface area contributed by atoms with Crippen LogP contribution in [0.15, 0.2) is 130 Å². The van der Waals surface area contributed by atoms with E-state index in [1.54, 1.807) is 13.0 Å². The molecule has 0 radical (unpaired) electrons. The third-order valence-electron chi connectivity index (χ3n) is 9.98. The average Bonchev–Trinajstić information content (AvgIpc) is 3.12. The molecule has 0 aromatic rings. The van der Waals surface area contributed by atoms with Crippen molar-refractivity contribution in [3.8, 4) is 0 Å². The molecule has 0 aromatic heterocycles. The number of carboxylic acid groups (broad SMARTS) is 2. The lowest BCUT2D eigenvalue weighted by Crippen LogP contribution is -2.39. The van der Waals surface area contributed by atoms with Crippen molar-refractivity contribution < 1.29 is 48.5 Å². The smallest absolute Gasteiger partial charge is 0.311 e. The van der Waals surface area contributed by atoms with E-state index in [0.717, 1.165) is 27.9 Å². The van der Waals surface area contributed by atoms with Crippen molar-refractivity contribution in [3.63, 3.8) is 0 Å². The zero-order valence-electron chi connectivity index (χ0n) is 35.6. The fourth-order valence-electron chi connectivity index (χ4n) is 6.64. The Morgan fingerprint density at radius 3 is 1.72 bits per heavy atom. The van der Waals surface area contributed by atoms with Crippen molar-refractivity contribution in [1.82, 2.24) is 0 Å². The van der Waals surface area contributed by atoms with Crippen molar-refractivity contribution in [2.75, 3.05) is 0 Å². The van der Waals surface area contributed by atoms with Crippen LogP contribution in [0.1, 0.15) is 101 Å². The summed E-state index contributed by atoms with van der Waals surface area (Å²) >= 11 is 0. The van der Waals surface area contributed by atoms with Gasteiger partial charge in [0.25, 0.3) is 0 Å². The van der Waals surface area contributed by atoms with Crippen molar-refractivity contribution in [2.24, 2.45) is 22.7 Å². The molecule has 58 heavy (non-hydrogen) atoms. The van der Waals surface area contributed by atoms with E-state index in [-0.39, 0.29) is 48.9 Å². The molecular weight excluding hydrogens is 737 g/mol. The van der Waals surface area contributed by atoms with Crippen molar-refractivity contribution in [1.29, 1.82) is 0 Å². The lowest BCUT2D eigenvalue weighted by molar-refractivity contribution is -0.157. The zero-order chi connectivity index (χ0) is 43.8. The largest absolute Gasteiger partial charge is 0.481 e. The maximum Gasteiger partial charge on any atom is 0.311 e. The number of carbonyl (C=O) groups excluding carboxylic acids is 4. The molecule has 2 aliphatic carbocycles. The van der Waals surface area contributed by atoms with Gasteiger partial charge >= 0.3 is 23.9 Å². The highest BCUT2D eigenvalue weighted by Crippen LogP contribution is 2.43. The Hall–Kier alpha value is -5.64. The fourth-order valence-corrected chi connectivity index (χ4v) is 6.64. The van der Waals surface area contributed by atoms with E-state index in [2.05, 4.69) is 0 Å². The summed E-state index contributed by atoms with van der Waals surface area (Å²) in [6, 6.07) is 0. The Balaban J connectivity index is 1.96. The topological polar surface area (TPSA) is 161 Å². The number of aliphatic carboxylic acids is 2. The standard InChI is InChI=1S/C48H60O10/c1-31(17-13-19-33(3)21-23-37-35(5)45(55)39(29-47(37,7)8)57-43(53)27-25-41(49)50)15-11-12-16-32(2)18-14-20-34(4)22-24-38-36(6)46(56)40(30-48(38,9)10)58-44(54)28-26-42(51)52/h11-24,29,35,37,40H,25-28,30H2,1-10H3,(H,49,50)(H,51,52). The first-order valence-electron chi connectivity index (χ1n) is 19.5. The summed E-state index contributed by atoms with van der Waals surface area (Å²) in [6.45, 7) is 19.4. The van der Waals surface area contributed by atoms with Gasteiger partial charge in [-0.3, -0.25) is 28.8 Å². The highest BCUT2D eigenvalue weighted by Gasteiger charge is 2.42. The minimum Gasteiger partial charge on any atom is -0.481 e. The molecule has 0 saturated carbocycles. The molecular formula is C48H60O10. The monoisotopic (exact) mass is 796 g/mol. The van der Waals surface area contributed by atoms with Crippen LogP contribution in [-0.4, -0.2) is 51.8 Å². The maximum atomic E-state index is 13.0. The lowest BCUT2D eigenvalue weighted by atomic mass is 9.66. The summed E-state index contributed by atoms with van der Waals surface area (Å²) in [7, 11) is 0. The van der Waals surface area contributed by atoms with Crippen LogP contribution in [0.25, 0.3) is 0 Å². The molecule has 0 amide bonds. The van der Waals surface area contributed by atoms with Crippen LogP contribution in [0.2, 0.25) is 0 Å². The number of Topliss-reactive ketones (excluding diaryl/α,β-unsaturated/α-hetero) is 2. The van der Waals surface area contributed by atoms with Crippen LogP contribution in [0.4, 0.5) is 0 Å². The Kier molecular flexibility index (Phi) is 18.7. The van der Waals surface area contributed by atoms with E-state index in [1.165, 1.54) is 0 Å². The summed E-state index contributed by atoms with van der Waals surface area (Å²) in [4.78, 5) is 71.6. The minimum absolute atomic E-state index is 0.0221. The summed E-state index contributed by atoms with van der Waals surface area (Å²) in [5.74, 6) is -4.74. The first kappa shape index (κ1) is 48.5. The number of rotatable bonds is 18. The normalized spacial score (nSPS) is 22.2. The molecule has 3 unspecified atom stereocenters. The molecule has 0 aliphatic heterocycles. The second kappa shape index (κ2) is 22.3. The Bertz CT molecular complexity index is 1940. The van der Waals surface area contributed by atoms with Gasteiger partial charge in [0.15, 0.2) is 17.6 Å². The SMILES string of the molecule is CC(C=CC=C(C)C=CC1=C(C)C(=O)C(OC(=O)CCC(=O)O)CC1(C)C)=CC=CC=C(C)C=CC=C(C)C=CC1C(C)C(=O)C(OC(=O)CCC(=O)O)=CC1(C)C. The van der Waals surface area contributed by atoms with Gasteiger partial charge in [0.1, 0.15) is 0 Å². The number of hydrogen-bond donors (Lipinski definition) is 2. The van der Waals surface area contributed by atoms with Crippen LogP contribution in [-0.2, 0) is 38.2 Å². The summed E-state index contributed by atoms with van der Waals surface area (Å²) in [6.07, 6.45) is 27.5. The van der Waals surface area contributed by atoms with Crippen LogP contribution < -0.4 is 0 Å². The molecule has 0 spiro atoms. The first-order valence-corrected chi connectivity index (χ1v) is 19.5. The molecule has 3 atom stereocenters. The van der Waals surface area contributed by atoms with E-state index in [4.69, 9.17) is 19.7 Å². The molecule has 2 rings (SSSR count). The first-order chi connectivity index (χ1) is 27.0. The number of carbonyl (C=O) groups is 6. The molecule has 10 heteroatoms. The Morgan fingerprint density at radius 1 is 0.707 bits per heavy atom. The molecule has 2 aliphatic rings. The third-order valence-corrected chi connectivity index (χ3v) is 9.98. The van der Waals surface area contributed by atoms with E-state index >= 15 is 0 Å². The van der Waals surface area contributed by atoms with E-state index in [9.17, 15) is 28.8 Å². The molecule has 10 nitrogen and oxygen atoms in total. The maximum absolute atomic E-state index is 13.0. The van der Waals surface area contributed by atoms with E-state index < -0.39 is 46.7 Å². The fraction of sp³-hybridized carbons (Fsp3) is 0.417. The number of esters is 2. The number of allylic oxidation sites excluding steroid dienone is 21. The van der Waals surface area contributed by atoms with Crippen LogP contribution in [0.3, 0.4) is 0 Å². The van der Waals surface area contributed by atoms with Crippen LogP contribution in [0, 0.1) is 22.7 Å². The van der Waals surface area contributed by atoms with Gasteiger partial charge in [-0.2, -0.15) is 0 Å². The van der Waals surface area contributed by atoms with Gasteiger partial charge in [0.2, 0.25) is 5.78 Å². The third kappa shape index (κ3) is 16.1. The Morgan fingerprint density at radius 2 is 1.19 bits per heavy atom. The van der Waals surface area contributed by atoms with Crippen LogP contribution in [0.5, 0.6) is 0 Å². The predicted octanol–water partition coefficient (Wildman–Crippen LogP) is 9.80. The lowest BCUT2D eigenvalue weighted by Gasteiger charge is -2.38. The predicted molar refractivity (Wildman–Crippen MR) is 226 cm³/mol. The van der Waals surface area contributed by atoms with Gasteiger partial charge < -0.3 is 19.7 Å². The molecule has 0 fully saturated rings. The van der Waals surface area contributed by atoms with Gasteiger partial charge in [-0.05, 0) is 68.6 Å². The molecule has 0 aromatic carbocycles. The molecule has 312 valence electrons. The number of hydrogen-bond acceptors (Lipinski definition) is 8. The van der Waals surface area contributed by atoms with Gasteiger partial charge in [-0.25, -0.2) is 0 Å². The average molecular weight is 797 g/mol. The Labute approximate surface area is 343 Å². The van der Waals surface area contributed by atoms with Crippen LogP contribution >= 0.6 is 0 Å². The highest BCUT2D eigenvalue weighted by molar-refractivity contribution is 6.02. The second-order valence-electron chi connectivity index (χ2n) is 16.2. The van der Waals surface area contributed by atoms with Gasteiger partial charge in [0, 0.05) is 12.3 Å².